The molecule has 0 radical (unpaired) electrons. The Morgan fingerprint density at radius 2 is 1.76 bits per heavy atom. The molecule has 1 aliphatic carbocycles. The van der Waals surface area contributed by atoms with Gasteiger partial charge in [-0.05, 0) is 37.8 Å². The zero-order valence-electron chi connectivity index (χ0n) is 13.0. The molecule has 2 amide bonds. The normalized spacial score (nSPS) is 20.2. The Hall–Kier alpha value is -1.84. The highest BCUT2D eigenvalue weighted by Crippen LogP contribution is 2.39. The summed E-state index contributed by atoms with van der Waals surface area (Å²) in [5.41, 5.74) is 1.94. The monoisotopic (exact) mass is 288 g/mol. The molecule has 0 heterocycles. The molecule has 1 aliphatic rings. The van der Waals surface area contributed by atoms with E-state index in [1.165, 1.54) is 0 Å². The van der Waals surface area contributed by atoms with Crippen molar-refractivity contribution in [1.82, 2.24) is 5.32 Å². The molecule has 1 fully saturated rings. The molecule has 4 heteroatoms. The van der Waals surface area contributed by atoms with Crippen molar-refractivity contribution in [2.75, 3.05) is 11.9 Å². The van der Waals surface area contributed by atoms with E-state index in [4.69, 9.17) is 0 Å². The Labute approximate surface area is 126 Å². The van der Waals surface area contributed by atoms with Gasteiger partial charge < -0.3 is 10.6 Å². The molecule has 1 aromatic carbocycles. The molecule has 0 bridgehead atoms. The highest BCUT2D eigenvalue weighted by Gasteiger charge is 2.47. The summed E-state index contributed by atoms with van der Waals surface area (Å²) in [6.45, 7) is 6.95. The van der Waals surface area contributed by atoms with Crippen molar-refractivity contribution in [3.05, 3.63) is 29.8 Å². The van der Waals surface area contributed by atoms with E-state index in [-0.39, 0.29) is 23.7 Å². The maximum absolute atomic E-state index is 12.1. The van der Waals surface area contributed by atoms with Crippen LogP contribution < -0.4 is 10.6 Å². The van der Waals surface area contributed by atoms with E-state index in [2.05, 4.69) is 24.5 Å². The minimum atomic E-state index is -0.176. The lowest BCUT2D eigenvalue weighted by molar-refractivity contribution is -0.125. The van der Waals surface area contributed by atoms with Gasteiger partial charge in [-0.1, -0.05) is 31.5 Å². The molecule has 2 unspecified atom stereocenters. The molecule has 0 saturated heterocycles. The Bertz CT molecular complexity index is 508. The second kappa shape index (κ2) is 6.74. The van der Waals surface area contributed by atoms with Crippen LogP contribution in [0.3, 0.4) is 0 Å². The van der Waals surface area contributed by atoms with E-state index in [0.29, 0.717) is 18.9 Å². The van der Waals surface area contributed by atoms with Crippen molar-refractivity contribution >= 4 is 17.5 Å². The second-order valence-electron chi connectivity index (χ2n) is 6.28. The van der Waals surface area contributed by atoms with E-state index in [0.717, 1.165) is 17.7 Å². The van der Waals surface area contributed by atoms with E-state index >= 15 is 0 Å². The van der Waals surface area contributed by atoms with Gasteiger partial charge in [-0.2, -0.15) is 0 Å². The molecule has 4 nitrogen and oxygen atoms in total. The average Bonchev–Trinajstić information content (AvgIpc) is 3.21. The molecule has 2 N–H and O–H groups in total. The van der Waals surface area contributed by atoms with E-state index in [9.17, 15) is 9.59 Å². The van der Waals surface area contributed by atoms with Crippen LogP contribution in [0.2, 0.25) is 0 Å². The topological polar surface area (TPSA) is 58.2 Å². The third kappa shape index (κ3) is 4.59. The van der Waals surface area contributed by atoms with Crippen LogP contribution in [0.25, 0.3) is 0 Å². The predicted octanol–water partition coefficient (Wildman–Crippen LogP) is 2.73. The number of aryl methyl sites for hydroxylation is 1. The highest BCUT2D eigenvalue weighted by molar-refractivity contribution is 5.99. The Kier molecular flexibility index (Phi) is 4.99. The van der Waals surface area contributed by atoms with E-state index in [1.54, 1.807) is 0 Å². The Morgan fingerprint density at radius 3 is 2.38 bits per heavy atom. The van der Waals surface area contributed by atoms with Gasteiger partial charge in [0, 0.05) is 12.2 Å². The summed E-state index contributed by atoms with van der Waals surface area (Å²) in [7, 11) is 0. The van der Waals surface area contributed by atoms with Crippen LogP contribution in [0.15, 0.2) is 24.3 Å². The third-order valence-corrected chi connectivity index (χ3v) is 3.80. The van der Waals surface area contributed by atoms with E-state index in [1.807, 2.05) is 31.2 Å². The van der Waals surface area contributed by atoms with Crippen molar-refractivity contribution in [2.45, 2.75) is 33.6 Å². The quantitative estimate of drug-likeness (QED) is 0.845. The van der Waals surface area contributed by atoms with Crippen LogP contribution in [-0.2, 0) is 9.59 Å². The average molecular weight is 288 g/mol. The SMILES string of the molecule is Cc1ccc(NC(=O)C2CC2C(=O)NCCC(C)C)cc1. The summed E-state index contributed by atoms with van der Waals surface area (Å²) in [6, 6.07) is 7.68. The fourth-order valence-electron chi connectivity index (χ4n) is 2.26. The van der Waals surface area contributed by atoms with E-state index < -0.39 is 0 Å². The number of benzene rings is 1. The standard InChI is InChI=1S/C17H24N2O2/c1-11(2)8-9-18-16(20)14-10-15(14)17(21)19-13-6-4-12(3)5-7-13/h4-7,11,14-15H,8-10H2,1-3H3,(H,18,20)(H,19,21). The summed E-state index contributed by atoms with van der Waals surface area (Å²) in [5, 5.41) is 5.78. The first-order valence-corrected chi connectivity index (χ1v) is 7.62. The maximum atomic E-state index is 12.1. The first-order valence-electron chi connectivity index (χ1n) is 7.62. The summed E-state index contributed by atoms with van der Waals surface area (Å²) in [4.78, 5) is 24.0. The van der Waals surface area contributed by atoms with Gasteiger partial charge in [-0.15, -0.1) is 0 Å². The summed E-state index contributed by atoms with van der Waals surface area (Å²) < 4.78 is 0. The maximum Gasteiger partial charge on any atom is 0.228 e. The minimum Gasteiger partial charge on any atom is -0.356 e. The first-order chi connectivity index (χ1) is 9.97. The van der Waals surface area contributed by atoms with Crippen molar-refractivity contribution in [1.29, 1.82) is 0 Å². The van der Waals surface area contributed by atoms with Crippen LogP contribution in [0.1, 0.15) is 32.3 Å². The van der Waals surface area contributed by atoms with Gasteiger partial charge in [-0.25, -0.2) is 0 Å². The minimum absolute atomic E-state index is 0.0136. The number of rotatable bonds is 6. The number of anilines is 1. The number of hydrogen-bond acceptors (Lipinski definition) is 2. The van der Waals surface area contributed by atoms with Gasteiger partial charge in [-0.3, -0.25) is 9.59 Å². The van der Waals surface area contributed by atoms with Gasteiger partial charge in [0.15, 0.2) is 0 Å². The Balaban J connectivity index is 1.75. The third-order valence-electron chi connectivity index (χ3n) is 3.80. The molecule has 1 saturated carbocycles. The van der Waals surface area contributed by atoms with Gasteiger partial charge in [0.2, 0.25) is 11.8 Å². The molecule has 0 spiro atoms. The van der Waals surface area contributed by atoms with Crippen LogP contribution in [0, 0.1) is 24.7 Å². The largest absolute Gasteiger partial charge is 0.356 e. The molecule has 114 valence electrons. The van der Waals surface area contributed by atoms with Gasteiger partial charge in [0.25, 0.3) is 0 Å². The number of hydrogen-bond donors (Lipinski definition) is 2. The molecular weight excluding hydrogens is 264 g/mol. The zero-order chi connectivity index (χ0) is 15.4. The Morgan fingerprint density at radius 1 is 1.14 bits per heavy atom. The highest BCUT2D eigenvalue weighted by atomic mass is 16.2. The van der Waals surface area contributed by atoms with Crippen molar-refractivity contribution < 1.29 is 9.59 Å². The number of carbonyl (C=O) groups excluding carboxylic acids is 2. The van der Waals surface area contributed by atoms with Crippen LogP contribution in [0.4, 0.5) is 5.69 Å². The van der Waals surface area contributed by atoms with Gasteiger partial charge >= 0.3 is 0 Å². The van der Waals surface area contributed by atoms with Crippen LogP contribution in [-0.4, -0.2) is 18.4 Å². The number of carbonyl (C=O) groups is 2. The number of nitrogens with one attached hydrogen (secondary N) is 2. The molecule has 2 rings (SSSR count). The van der Waals surface area contributed by atoms with Crippen LogP contribution >= 0.6 is 0 Å². The van der Waals surface area contributed by atoms with Gasteiger partial charge in [0.1, 0.15) is 0 Å². The lowest BCUT2D eigenvalue weighted by atomic mass is 10.1. The summed E-state index contributed by atoms with van der Waals surface area (Å²) in [5.74, 6) is 0.209. The molecule has 1 aromatic rings. The molecule has 0 aromatic heterocycles. The molecule has 0 aliphatic heterocycles. The first kappa shape index (κ1) is 15.5. The van der Waals surface area contributed by atoms with Gasteiger partial charge in [0.05, 0.1) is 11.8 Å². The zero-order valence-corrected chi connectivity index (χ0v) is 13.0. The molecule has 21 heavy (non-hydrogen) atoms. The lowest BCUT2D eigenvalue weighted by Gasteiger charge is -2.07. The smallest absolute Gasteiger partial charge is 0.228 e. The summed E-state index contributed by atoms with van der Waals surface area (Å²) in [6.07, 6.45) is 1.63. The predicted molar refractivity (Wildman–Crippen MR) is 83.9 cm³/mol. The summed E-state index contributed by atoms with van der Waals surface area (Å²) >= 11 is 0. The molecule has 2 atom stereocenters. The lowest BCUT2D eigenvalue weighted by Crippen LogP contribution is -2.28. The molecular formula is C17H24N2O2. The van der Waals surface area contributed by atoms with Crippen molar-refractivity contribution in [3.8, 4) is 0 Å². The van der Waals surface area contributed by atoms with Crippen molar-refractivity contribution in [3.63, 3.8) is 0 Å². The second-order valence-corrected chi connectivity index (χ2v) is 6.28. The van der Waals surface area contributed by atoms with Crippen LogP contribution in [0.5, 0.6) is 0 Å². The fraction of sp³-hybridized carbons (Fsp3) is 0.529. The number of amides is 2. The van der Waals surface area contributed by atoms with Crippen molar-refractivity contribution in [2.24, 2.45) is 17.8 Å². The fourth-order valence-corrected chi connectivity index (χ4v) is 2.26.